The molecular formula is C19H24N6S. The van der Waals surface area contributed by atoms with Crippen LogP contribution in [0.15, 0.2) is 12.7 Å². The number of aromatic nitrogens is 5. The molecule has 3 aromatic heterocycles. The van der Waals surface area contributed by atoms with Crippen LogP contribution in [-0.4, -0.2) is 37.6 Å². The second kappa shape index (κ2) is 6.61. The molecule has 1 aliphatic carbocycles. The normalized spacial score (nSPS) is 20.5. The smallest absolute Gasteiger partial charge is 0.165 e. The lowest BCUT2D eigenvalue weighted by Gasteiger charge is -2.32. The van der Waals surface area contributed by atoms with Crippen molar-refractivity contribution < 1.29 is 0 Å². The van der Waals surface area contributed by atoms with E-state index in [4.69, 9.17) is 4.98 Å². The number of thiazole rings is 1. The topological polar surface area (TPSA) is 59.7 Å². The summed E-state index contributed by atoms with van der Waals surface area (Å²) in [7, 11) is 0. The largest absolute Gasteiger partial charge is 0.354 e. The Morgan fingerprint density at radius 2 is 2.08 bits per heavy atom. The van der Waals surface area contributed by atoms with E-state index in [0.29, 0.717) is 5.92 Å². The summed E-state index contributed by atoms with van der Waals surface area (Å²) in [5, 5.41) is 1.34. The maximum absolute atomic E-state index is 5.02. The summed E-state index contributed by atoms with van der Waals surface area (Å²) in [4.78, 5) is 22.6. The molecule has 7 heteroatoms. The molecule has 0 amide bonds. The van der Waals surface area contributed by atoms with Gasteiger partial charge in [-0.1, -0.05) is 0 Å². The van der Waals surface area contributed by atoms with Crippen molar-refractivity contribution in [2.45, 2.75) is 57.9 Å². The van der Waals surface area contributed by atoms with Crippen molar-refractivity contribution in [1.82, 2.24) is 24.5 Å². The summed E-state index contributed by atoms with van der Waals surface area (Å²) in [5.41, 5.74) is 3.23. The van der Waals surface area contributed by atoms with E-state index in [1.54, 1.807) is 6.33 Å². The fourth-order valence-corrected chi connectivity index (χ4v) is 5.53. The van der Waals surface area contributed by atoms with E-state index < -0.39 is 0 Å². The van der Waals surface area contributed by atoms with Crippen LogP contribution < -0.4 is 4.90 Å². The number of fused-ring (bicyclic) bond motifs is 2. The Bertz CT molecular complexity index is 906. The lowest BCUT2D eigenvalue weighted by molar-refractivity contribution is 0.505. The molecule has 0 spiro atoms. The van der Waals surface area contributed by atoms with Gasteiger partial charge in [-0.05, 0) is 45.4 Å². The van der Waals surface area contributed by atoms with Crippen LogP contribution in [0, 0.1) is 0 Å². The van der Waals surface area contributed by atoms with Gasteiger partial charge >= 0.3 is 0 Å². The fourth-order valence-electron chi connectivity index (χ4n) is 4.25. The van der Waals surface area contributed by atoms with Gasteiger partial charge in [0.25, 0.3) is 0 Å². The van der Waals surface area contributed by atoms with Gasteiger partial charge < -0.3 is 9.47 Å². The molecule has 2 aliphatic rings. The van der Waals surface area contributed by atoms with Crippen molar-refractivity contribution in [3.63, 3.8) is 0 Å². The van der Waals surface area contributed by atoms with Crippen LogP contribution >= 0.6 is 11.3 Å². The quantitative estimate of drug-likeness (QED) is 0.707. The van der Waals surface area contributed by atoms with Gasteiger partial charge in [0, 0.05) is 30.4 Å². The van der Waals surface area contributed by atoms with Crippen molar-refractivity contribution in [2.75, 3.05) is 18.0 Å². The molecule has 1 atom stereocenters. The molecule has 3 aromatic rings. The average Bonchev–Trinajstić information content (AvgIpc) is 3.31. The van der Waals surface area contributed by atoms with Crippen LogP contribution in [0.2, 0.25) is 0 Å². The third-order valence-corrected chi connectivity index (χ3v) is 6.97. The number of piperidine rings is 1. The lowest BCUT2D eigenvalue weighted by Crippen LogP contribution is -2.35. The van der Waals surface area contributed by atoms with Crippen molar-refractivity contribution in [3.05, 3.63) is 28.2 Å². The molecule has 0 radical (unpaired) electrons. The van der Waals surface area contributed by atoms with Gasteiger partial charge in [0.1, 0.15) is 6.33 Å². The second-order valence-corrected chi connectivity index (χ2v) is 8.43. The summed E-state index contributed by atoms with van der Waals surface area (Å²) in [5.74, 6) is 1.49. The molecule has 1 aliphatic heterocycles. The fraction of sp³-hybridized carbons (Fsp3) is 0.579. The van der Waals surface area contributed by atoms with Crippen LogP contribution in [-0.2, 0) is 19.4 Å². The first-order chi connectivity index (χ1) is 12.8. The number of hydrogen-bond acceptors (Lipinski definition) is 6. The standard InChI is InChI=1S/C19H24N6S/c1-2-24-12-22-16-17(24)20-11-21-18(16)25-9-5-6-13(10-25)19-23-14-7-3-4-8-15(14)26-19/h11-13H,2-10H2,1H3. The van der Waals surface area contributed by atoms with Crippen molar-refractivity contribution in [3.8, 4) is 0 Å². The minimum absolute atomic E-state index is 0.512. The number of anilines is 1. The Morgan fingerprint density at radius 3 is 2.96 bits per heavy atom. The number of hydrogen-bond donors (Lipinski definition) is 0. The van der Waals surface area contributed by atoms with Gasteiger partial charge in [0.15, 0.2) is 17.0 Å². The zero-order valence-corrected chi connectivity index (χ0v) is 16.0. The summed E-state index contributed by atoms with van der Waals surface area (Å²) in [6.45, 7) is 5.01. The van der Waals surface area contributed by atoms with Crippen LogP contribution in [0.3, 0.4) is 0 Å². The molecule has 136 valence electrons. The molecule has 0 bridgehead atoms. The first-order valence-electron chi connectivity index (χ1n) is 9.72. The zero-order valence-electron chi connectivity index (χ0n) is 15.2. The molecule has 0 aromatic carbocycles. The van der Waals surface area contributed by atoms with Gasteiger partial charge in [0.2, 0.25) is 0 Å². The Kier molecular flexibility index (Phi) is 4.11. The highest BCUT2D eigenvalue weighted by Crippen LogP contribution is 2.36. The van der Waals surface area contributed by atoms with E-state index in [1.165, 1.54) is 54.1 Å². The number of imidazole rings is 1. The number of rotatable bonds is 3. The van der Waals surface area contributed by atoms with E-state index in [2.05, 4.69) is 31.3 Å². The van der Waals surface area contributed by atoms with E-state index in [1.807, 2.05) is 17.7 Å². The molecule has 4 heterocycles. The number of nitrogens with zero attached hydrogens (tertiary/aromatic N) is 6. The maximum Gasteiger partial charge on any atom is 0.165 e. The van der Waals surface area contributed by atoms with Crippen LogP contribution in [0.25, 0.3) is 11.2 Å². The minimum atomic E-state index is 0.512. The van der Waals surface area contributed by atoms with Gasteiger partial charge in [-0.15, -0.1) is 11.3 Å². The highest BCUT2D eigenvalue weighted by molar-refractivity contribution is 7.11. The summed E-state index contributed by atoms with van der Waals surface area (Å²) in [6, 6.07) is 0. The average molecular weight is 369 g/mol. The van der Waals surface area contributed by atoms with Crippen LogP contribution in [0.4, 0.5) is 5.82 Å². The van der Waals surface area contributed by atoms with Gasteiger partial charge in [0.05, 0.1) is 17.0 Å². The highest BCUT2D eigenvalue weighted by atomic mass is 32.1. The molecule has 0 N–H and O–H groups in total. The summed E-state index contributed by atoms with van der Waals surface area (Å²) in [6.07, 6.45) is 11.0. The van der Waals surface area contributed by atoms with Crippen molar-refractivity contribution >= 4 is 28.3 Å². The van der Waals surface area contributed by atoms with E-state index in [0.717, 1.165) is 36.6 Å². The van der Waals surface area contributed by atoms with Crippen LogP contribution in [0.1, 0.15) is 54.1 Å². The lowest BCUT2D eigenvalue weighted by atomic mass is 9.98. The molecule has 26 heavy (non-hydrogen) atoms. The Labute approximate surface area is 157 Å². The second-order valence-electron chi connectivity index (χ2n) is 7.31. The van der Waals surface area contributed by atoms with E-state index in [9.17, 15) is 0 Å². The SMILES string of the molecule is CCn1cnc2c(N3CCCC(c4nc5c(s4)CCCC5)C3)ncnc21. The number of aryl methyl sites for hydroxylation is 3. The predicted octanol–water partition coefficient (Wildman–Crippen LogP) is 3.57. The van der Waals surface area contributed by atoms with E-state index in [-0.39, 0.29) is 0 Å². The molecular weight excluding hydrogens is 344 g/mol. The predicted molar refractivity (Wildman–Crippen MR) is 104 cm³/mol. The van der Waals surface area contributed by atoms with Crippen molar-refractivity contribution in [2.24, 2.45) is 0 Å². The first-order valence-corrected chi connectivity index (χ1v) is 10.5. The monoisotopic (exact) mass is 368 g/mol. The van der Waals surface area contributed by atoms with Gasteiger partial charge in [-0.2, -0.15) is 0 Å². The van der Waals surface area contributed by atoms with Crippen molar-refractivity contribution in [1.29, 1.82) is 0 Å². The zero-order chi connectivity index (χ0) is 17.5. The molecule has 1 saturated heterocycles. The molecule has 6 nitrogen and oxygen atoms in total. The summed E-state index contributed by atoms with van der Waals surface area (Å²) < 4.78 is 2.08. The molecule has 1 unspecified atom stereocenters. The third-order valence-electron chi connectivity index (χ3n) is 5.65. The van der Waals surface area contributed by atoms with Gasteiger partial charge in [-0.3, -0.25) is 0 Å². The summed E-state index contributed by atoms with van der Waals surface area (Å²) >= 11 is 1.96. The van der Waals surface area contributed by atoms with Crippen LogP contribution in [0.5, 0.6) is 0 Å². The minimum Gasteiger partial charge on any atom is -0.354 e. The molecule has 5 rings (SSSR count). The Morgan fingerprint density at radius 1 is 1.15 bits per heavy atom. The Balaban J connectivity index is 1.44. The molecule has 1 fully saturated rings. The van der Waals surface area contributed by atoms with Gasteiger partial charge in [-0.25, -0.2) is 19.9 Å². The van der Waals surface area contributed by atoms with E-state index >= 15 is 0 Å². The first kappa shape index (κ1) is 16.2. The molecule has 0 saturated carbocycles. The highest BCUT2D eigenvalue weighted by Gasteiger charge is 2.28. The maximum atomic E-state index is 5.02. The Hall–Kier alpha value is -2.02. The third kappa shape index (κ3) is 2.69.